The van der Waals surface area contributed by atoms with Gasteiger partial charge in [0.15, 0.2) is 5.43 Å². The standard InChI is InChI=1S/C12H16N2O.C2H6/c1-4-6-10-11(5-2)14(3)9(8-13)7-12(10)15;1-2/h4-7H,1,8,13H2,2-3H3;1-2H3/b10-6+,11-5+;. The summed E-state index contributed by atoms with van der Waals surface area (Å²) in [5, 5.41) is 1.54. The zero-order chi connectivity index (χ0) is 13.4. The highest BCUT2D eigenvalue weighted by atomic mass is 16.1. The van der Waals surface area contributed by atoms with Crippen LogP contribution in [0, 0.1) is 0 Å². The van der Waals surface area contributed by atoms with E-state index in [0.29, 0.717) is 11.8 Å². The van der Waals surface area contributed by atoms with Gasteiger partial charge >= 0.3 is 0 Å². The fraction of sp³-hybridized carbons (Fsp3) is 0.357. The number of nitrogens with zero attached hydrogens (tertiary/aromatic N) is 1. The van der Waals surface area contributed by atoms with Crippen LogP contribution in [0.3, 0.4) is 0 Å². The Morgan fingerprint density at radius 1 is 1.47 bits per heavy atom. The normalized spacial score (nSPS) is 12.1. The van der Waals surface area contributed by atoms with Gasteiger partial charge < -0.3 is 10.3 Å². The van der Waals surface area contributed by atoms with Crippen molar-refractivity contribution < 1.29 is 0 Å². The maximum absolute atomic E-state index is 11.8. The Balaban J connectivity index is 0.00000121. The Bertz CT molecular complexity index is 539. The van der Waals surface area contributed by atoms with Crippen LogP contribution in [0.2, 0.25) is 0 Å². The van der Waals surface area contributed by atoms with Crippen molar-refractivity contribution >= 4 is 12.2 Å². The number of nitrogens with two attached hydrogens (primary N) is 1. The fourth-order valence-electron chi connectivity index (χ4n) is 1.62. The highest BCUT2D eigenvalue weighted by molar-refractivity contribution is 5.37. The summed E-state index contributed by atoms with van der Waals surface area (Å²) < 4.78 is 1.93. The summed E-state index contributed by atoms with van der Waals surface area (Å²) in [6.45, 7) is 9.86. The Morgan fingerprint density at radius 2 is 2.06 bits per heavy atom. The second kappa shape index (κ2) is 7.63. The molecule has 1 rings (SSSR count). The molecule has 17 heavy (non-hydrogen) atoms. The van der Waals surface area contributed by atoms with E-state index in [-0.39, 0.29) is 5.43 Å². The number of rotatable bonds is 2. The van der Waals surface area contributed by atoms with Gasteiger partial charge in [0.05, 0.1) is 0 Å². The van der Waals surface area contributed by atoms with E-state index in [0.717, 1.165) is 11.0 Å². The Morgan fingerprint density at radius 3 is 2.47 bits per heavy atom. The van der Waals surface area contributed by atoms with Crippen molar-refractivity contribution in [3.8, 4) is 0 Å². The molecule has 0 saturated carbocycles. The van der Waals surface area contributed by atoms with E-state index in [1.165, 1.54) is 0 Å². The van der Waals surface area contributed by atoms with Crippen LogP contribution in [0.5, 0.6) is 0 Å². The molecule has 3 nitrogen and oxygen atoms in total. The first-order valence-corrected chi connectivity index (χ1v) is 5.83. The minimum Gasteiger partial charge on any atom is -0.346 e. The van der Waals surface area contributed by atoms with Crippen LogP contribution in [0.25, 0.3) is 12.2 Å². The molecule has 2 N–H and O–H groups in total. The predicted octanol–water partition coefficient (Wildman–Crippen LogP) is 0.637. The van der Waals surface area contributed by atoms with Gasteiger partial charge in [-0.25, -0.2) is 0 Å². The third-order valence-electron chi connectivity index (χ3n) is 2.40. The number of pyridine rings is 1. The first-order valence-electron chi connectivity index (χ1n) is 5.83. The molecule has 0 amide bonds. The number of hydrogen-bond donors (Lipinski definition) is 1. The van der Waals surface area contributed by atoms with E-state index in [4.69, 9.17) is 5.73 Å². The molecule has 0 radical (unpaired) electrons. The quantitative estimate of drug-likeness (QED) is 0.816. The summed E-state index contributed by atoms with van der Waals surface area (Å²) >= 11 is 0. The average Bonchev–Trinajstić information content (AvgIpc) is 2.36. The lowest BCUT2D eigenvalue weighted by atomic mass is 10.2. The van der Waals surface area contributed by atoms with Gasteiger partial charge in [-0.1, -0.05) is 32.6 Å². The SMILES string of the molecule is C=C/C=c1/c(=O)cc(CN)n(C)/c1=C/C.CC. The van der Waals surface area contributed by atoms with Crippen LogP contribution >= 0.6 is 0 Å². The van der Waals surface area contributed by atoms with E-state index >= 15 is 0 Å². The molecule has 0 unspecified atom stereocenters. The summed E-state index contributed by atoms with van der Waals surface area (Å²) in [5.41, 5.74) is 6.38. The summed E-state index contributed by atoms with van der Waals surface area (Å²) in [4.78, 5) is 11.8. The van der Waals surface area contributed by atoms with Crippen molar-refractivity contribution in [2.75, 3.05) is 0 Å². The van der Waals surface area contributed by atoms with Gasteiger partial charge in [-0.15, -0.1) is 0 Å². The molecule has 0 spiro atoms. The highest BCUT2D eigenvalue weighted by Gasteiger charge is 1.99. The molecule has 1 aromatic heterocycles. The molecule has 0 aliphatic heterocycles. The first kappa shape index (κ1) is 15.4. The third-order valence-corrected chi connectivity index (χ3v) is 2.40. The Labute approximate surface area is 103 Å². The average molecular weight is 234 g/mol. The van der Waals surface area contributed by atoms with E-state index < -0.39 is 0 Å². The molecule has 0 aliphatic carbocycles. The maximum Gasteiger partial charge on any atom is 0.189 e. The lowest BCUT2D eigenvalue weighted by Gasteiger charge is -2.07. The zero-order valence-corrected chi connectivity index (χ0v) is 11.2. The van der Waals surface area contributed by atoms with Gasteiger partial charge in [-0.3, -0.25) is 4.79 Å². The summed E-state index contributed by atoms with van der Waals surface area (Å²) in [6.07, 6.45) is 5.24. The van der Waals surface area contributed by atoms with Crippen molar-refractivity contribution in [2.45, 2.75) is 27.3 Å². The smallest absolute Gasteiger partial charge is 0.189 e. The maximum atomic E-state index is 11.8. The fourth-order valence-corrected chi connectivity index (χ4v) is 1.62. The Kier molecular flexibility index (Phi) is 6.91. The van der Waals surface area contributed by atoms with Crippen LogP contribution in [0.15, 0.2) is 23.5 Å². The molecule has 0 saturated heterocycles. The van der Waals surface area contributed by atoms with Crippen molar-refractivity contribution in [1.82, 2.24) is 4.57 Å². The van der Waals surface area contributed by atoms with Crippen molar-refractivity contribution in [1.29, 1.82) is 0 Å². The van der Waals surface area contributed by atoms with Gasteiger partial charge in [-0.05, 0) is 13.0 Å². The molecule has 0 atom stereocenters. The van der Waals surface area contributed by atoms with Crippen LogP contribution in [0.4, 0.5) is 0 Å². The molecule has 3 heteroatoms. The van der Waals surface area contributed by atoms with Crippen molar-refractivity contribution in [3.63, 3.8) is 0 Å². The summed E-state index contributed by atoms with van der Waals surface area (Å²) in [7, 11) is 1.90. The number of aromatic nitrogens is 1. The summed E-state index contributed by atoms with van der Waals surface area (Å²) in [6, 6.07) is 1.57. The minimum atomic E-state index is -0.0125. The van der Waals surface area contributed by atoms with Gasteiger partial charge in [0.2, 0.25) is 0 Å². The minimum absolute atomic E-state index is 0.0125. The first-order chi connectivity index (χ1) is 8.15. The van der Waals surface area contributed by atoms with E-state index in [1.54, 1.807) is 18.2 Å². The van der Waals surface area contributed by atoms with Crippen molar-refractivity contribution in [2.24, 2.45) is 12.8 Å². The van der Waals surface area contributed by atoms with Gasteiger partial charge in [-0.2, -0.15) is 0 Å². The molecule has 0 fully saturated rings. The van der Waals surface area contributed by atoms with Gasteiger partial charge in [0.1, 0.15) is 0 Å². The molecule has 0 aliphatic rings. The number of allylic oxidation sites excluding steroid dienone is 1. The van der Waals surface area contributed by atoms with Crippen LogP contribution in [-0.2, 0) is 13.6 Å². The predicted molar refractivity (Wildman–Crippen MR) is 75.0 cm³/mol. The molecule has 0 bridgehead atoms. The van der Waals surface area contributed by atoms with Crippen LogP contribution in [0.1, 0.15) is 26.5 Å². The van der Waals surface area contributed by atoms with Gasteiger partial charge in [0, 0.05) is 35.9 Å². The van der Waals surface area contributed by atoms with E-state index in [1.807, 2.05) is 38.5 Å². The lowest BCUT2D eigenvalue weighted by molar-refractivity contribution is 0.765. The van der Waals surface area contributed by atoms with E-state index in [2.05, 4.69) is 6.58 Å². The Hall–Kier alpha value is -1.61. The van der Waals surface area contributed by atoms with Crippen LogP contribution < -0.4 is 21.7 Å². The molecular formula is C14H22N2O. The molecule has 94 valence electrons. The second-order valence-electron chi connectivity index (χ2n) is 3.25. The summed E-state index contributed by atoms with van der Waals surface area (Å²) in [5.74, 6) is 0. The number of hydrogen-bond acceptors (Lipinski definition) is 2. The van der Waals surface area contributed by atoms with Gasteiger partial charge in [0.25, 0.3) is 0 Å². The topological polar surface area (TPSA) is 48.0 Å². The largest absolute Gasteiger partial charge is 0.346 e. The monoisotopic (exact) mass is 234 g/mol. The molecule has 1 aromatic rings. The van der Waals surface area contributed by atoms with Crippen molar-refractivity contribution in [3.05, 3.63) is 45.2 Å². The molecular weight excluding hydrogens is 212 g/mol. The van der Waals surface area contributed by atoms with E-state index in [9.17, 15) is 4.79 Å². The molecule has 0 aromatic carbocycles. The lowest BCUT2D eigenvalue weighted by Crippen LogP contribution is -2.45. The highest BCUT2D eigenvalue weighted by Crippen LogP contribution is 1.85. The van der Waals surface area contributed by atoms with Crippen LogP contribution in [-0.4, -0.2) is 4.57 Å². The second-order valence-corrected chi connectivity index (χ2v) is 3.25. The molecule has 1 heterocycles. The zero-order valence-electron chi connectivity index (χ0n) is 11.2. The third kappa shape index (κ3) is 3.43.